The van der Waals surface area contributed by atoms with Gasteiger partial charge in [0.2, 0.25) is 5.91 Å². The molecule has 162 valence electrons. The molecule has 6 nitrogen and oxygen atoms in total. The molecule has 0 saturated heterocycles. The molecule has 4 rings (SSSR count). The number of anilines is 1. The van der Waals surface area contributed by atoms with Gasteiger partial charge in [0.25, 0.3) is 0 Å². The van der Waals surface area contributed by atoms with E-state index in [9.17, 15) is 4.79 Å². The molecule has 6 heteroatoms. The van der Waals surface area contributed by atoms with E-state index >= 15 is 0 Å². The summed E-state index contributed by atoms with van der Waals surface area (Å²) >= 11 is 0. The number of nitriles is 1. The summed E-state index contributed by atoms with van der Waals surface area (Å²) in [5.74, 6) is 1.60. The first kappa shape index (κ1) is 21.3. The van der Waals surface area contributed by atoms with Gasteiger partial charge >= 0.3 is 0 Å². The molecule has 0 fully saturated rings. The van der Waals surface area contributed by atoms with Crippen molar-refractivity contribution in [3.05, 3.63) is 83.4 Å². The number of nitrogens with one attached hydrogen (secondary N) is 1. The van der Waals surface area contributed by atoms with Gasteiger partial charge in [-0.1, -0.05) is 36.4 Å². The molecule has 0 spiro atoms. The van der Waals surface area contributed by atoms with Crippen LogP contribution in [0.25, 0.3) is 0 Å². The highest BCUT2D eigenvalue weighted by Crippen LogP contribution is 2.33. The Kier molecular flexibility index (Phi) is 6.57. The van der Waals surface area contributed by atoms with E-state index < -0.39 is 0 Å². The quantitative estimate of drug-likeness (QED) is 0.582. The third kappa shape index (κ3) is 5.01. The summed E-state index contributed by atoms with van der Waals surface area (Å²) in [7, 11) is 0. The van der Waals surface area contributed by atoms with Crippen molar-refractivity contribution in [2.45, 2.75) is 25.9 Å². The number of benzene rings is 3. The van der Waals surface area contributed by atoms with Gasteiger partial charge in [-0.15, -0.1) is 0 Å². The number of nitrogens with zero attached hydrogens (tertiary/aromatic N) is 1. The molecule has 0 bridgehead atoms. The topological polar surface area (TPSA) is 80.6 Å². The minimum Gasteiger partial charge on any atom is -0.489 e. The smallest absolute Gasteiger partial charge is 0.231 e. The van der Waals surface area contributed by atoms with Gasteiger partial charge in [-0.05, 0) is 48.4 Å². The van der Waals surface area contributed by atoms with E-state index in [1.165, 1.54) is 0 Å². The maximum atomic E-state index is 13.0. The van der Waals surface area contributed by atoms with Crippen LogP contribution in [0.3, 0.4) is 0 Å². The Bertz CT molecular complexity index is 1140. The molecule has 0 radical (unpaired) electrons. The Morgan fingerprint density at radius 1 is 1.06 bits per heavy atom. The molecule has 0 aromatic heterocycles. The van der Waals surface area contributed by atoms with Gasteiger partial charge in [-0.25, -0.2) is 0 Å². The van der Waals surface area contributed by atoms with Crippen LogP contribution in [-0.4, -0.2) is 19.1 Å². The maximum absolute atomic E-state index is 13.0. The Morgan fingerprint density at radius 2 is 1.81 bits per heavy atom. The van der Waals surface area contributed by atoms with Crippen molar-refractivity contribution in [3.8, 4) is 23.3 Å². The van der Waals surface area contributed by atoms with Gasteiger partial charge in [0, 0.05) is 11.3 Å². The summed E-state index contributed by atoms with van der Waals surface area (Å²) in [5, 5.41) is 11.8. The predicted molar refractivity (Wildman–Crippen MR) is 121 cm³/mol. The summed E-state index contributed by atoms with van der Waals surface area (Å²) in [6.07, 6.45) is 0.372. The zero-order valence-corrected chi connectivity index (χ0v) is 17.8. The zero-order valence-electron chi connectivity index (χ0n) is 17.8. The summed E-state index contributed by atoms with van der Waals surface area (Å²) in [6.45, 7) is 3.21. The van der Waals surface area contributed by atoms with Gasteiger partial charge in [0.05, 0.1) is 18.4 Å². The molecule has 1 atom stereocenters. The van der Waals surface area contributed by atoms with Gasteiger partial charge in [-0.3, -0.25) is 4.79 Å². The summed E-state index contributed by atoms with van der Waals surface area (Å²) in [5.41, 5.74) is 3.39. The molecule has 32 heavy (non-hydrogen) atoms. The number of carbonyl (C=O) groups excluding carboxylic acids is 1. The maximum Gasteiger partial charge on any atom is 0.231 e. The predicted octanol–water partition coefficient (Wildman–Crippen LogP) is 4.85. The van der Waals surface area contributed by atoms with Gasteiger partial charge in [0.15, 0.2) is 11.5 Å². The minimum absolute atomic E-state index is 0.116. The lowest BCUT2D eigenvalue weighted by molar-refractivity contribution is -0.117. The second-order valence-corrected chi connectivity index (χ2v) is 7.54. The van der Waals surface area contributed by atoms with Crippen molar-refractivity contribution in [2.75, 3.05) is 18.5 Å². The van der Waals surface area contributed by atoms with E-state index in [-0.39, 0.29) is 11.8 Å². The summed E-state index contributed by atoms with van der Waals surface area (Å²) in [6, 6.07) is 22.8. The number of rotatable bonds is 7. The Morgan fingerprint density at radius 3 is 2.59 bits per heavy atom. The number of carbonyl (C=O) groups is 1. The Labute approximate surface area is 187 Å². The van der Waals surface area contributed by atoms with Crippen molar-refractivity contribution in [3.63, 3.8) is 0 Å². The standard InChI is InChI=1S/C26H24N2O4/c1-18(20-8-11-24-25(16-20)31-15-14-30-24)26(29)28-23-5-3-2-4-21(23)17-32-22-9-6-19(7-10-22)12-13-27/h2-11,16,18H,12,14-15,17H2,1H3,(H,28,29). The number of para-hydroxylation sites is 1. The van der Waals surface area contributed by atoms with Crippen molar-refractivity contribution >= 4 is 11.6 Å². The molecule has 0 aliphatic carbocycles. The lowest BCUT2D eigenvalue weighted by Crippen LogP contribution is -2.21. The van der Waals surface area contributed by atoms with E-state index in [1.54, 1.807) is 0 Å². The third-order valence-corrected chi connectivity index (χ3v) is 5.34. The normalized spacial score (nSPS) is 13.0. The number of fused-ring (bicyclic) bond motifs is 1. The van der Waals surface area contributed by atoms with Crippen LogP contribution < -0.4 is 19.5 Å². The lowest BCUT2D eigenvalue weighted by Gasteiger charge is -2.20. The SMILES string of the molecule is CC(C(=O)Nc1ccccc1COc1ccc(CC#N)cc1)c1ccc2c(c1)OCCO2. The zero-order chi connectivity index (χ0) is 22.3. The number of ether oxygens (including phenoxy) is 3. The molecule has 1 aliphatic heterocycles. The van der Waals surface area contributed by atoms with Gasteiger partial charge in [0.1, 0.15) is 25.6 Å². The number of hydrogen-bond donors (Lipinski definition) is 1. The fourth-order valence-corrected chi connectivity index (χ4v) is 3.45. The molecule has 3 aromatic carbocycles. The number of amides is 1. The van der Waals surface area contributed by atoms with Gasteiger partial charge in [-0.2, -0.15) is 5.26 Å². The molecule has 3 aromatic rings. The number of hydrogen-bond acceptors (Lipinski definition) is 5. The molecular weight excluding hydrogens is 404 g/mol. The summed E-state index contributed by atoms with van der Waals surface area (Å²) < 4.78 is 17.1. The average molecular weight is 428 g/mol. The van der Waals surface area contributed by atoms with Gasteiger partial charge < -0.3 is 19.5 Å². The highest BCUT2D eigenvalue weighted by atomic mass is 16.6. The largest absolute Gasteiger partial charge is 0.489 e. The van der Waals surface area contributed by atoms with E-state index in [2.05, 4.69) is 11.4 Å². The first-order valence-electron chi connectivity index (χ1n) is 10.5. The van der Waals surface area contributed by atoms with E-state index in [1.807, 2.05) is 73.7 Å². The third-order valence-electron chi connectivity index (χ3n) is 5.34. The Balaban J connectivity index is 1.42. The fourth-order valence-electron chi connectivity index (χ4n) is 3.45. The van der Waals surface area contributed by atoms with Crippen molar-refractivity contribution in [1.82, 2.24) is 0 Å². The average Bonchev–Trinajstić information content (AvgIpc) is 2.84. The van der Waals surface area contributed by atoms with E-state index in [0.29, 0.717) is 49.2 Å². The van der Waals surface area contributed by atoms with Crippen LogP contribution in [0.4, 0.5) is 5.69 Å². The van der Waals surface area contributed by atoms with Crippen molar-refractivity contribution in [1.29, 1.82) is 5.26 Å². The fraction of sp³-hybridized carbons (Fsp3) is 0.231. The molecule has 1 N–H and O–H groups in total. The minimum atomic E-state index is -0.368. The van der Waals surface area contributed by atoms with Crippen LogP contribution in [0.15, 0.2) is 66.7 Å². The first-order chi connectivity index (χ1) is 15.6. The second-order valence-electron chi connectivity index (χ2n) is 7.54. The van der Waals surface area contributed by atoms with Crippen LogP contribution in [0.1, 0.15) is 29.5 Å². The first-order valence-corrected chi connectivity index (χ1v) is 10.5. The highest BCUT2D eigenvalue weighted by Gasteiger charge is 2.20. The lowest BCUT2D eigenvalue weighted by atomic mass is 9.99. The molecule has 1 unspecified atom stereocenters. The van der Waals surface area contributed by atoms with Crippen LogP contribution >= 0.6 is 0 Å². The van der Waals surface area contributed by atoms with Crippen molar-refractivity contribution < 1.29 is 19.0 Å². The Hall–Kier alpha value is -3.98. The van der Waals surface area contributed by atoms with Crippen LogP contribution in [0.5, 0.6) is 17.2 Å². The van der Waals surface area contributed by atoms with Crippen molar-refractivity contribution in [2.24, 2.45) is 0 Å². The van der Waals surface area contributed by atoms with Crippen LogP contribution in [0, 0.1) is 11.3 Å². The molecular formula is C26H24N2O4. The van der Waals surface area contributed by atoms with E-state index in [4.69, 9.17) is 19.5 Å². The molecule has 1 amide bonds. The second kappa shape index (κ2) is 9.88. The molecule has 0 saturated carbocycles. The van der Waals surface area contributed by atoms with Crippen LogP contribution in [-0.2, 0) is 17.8 Å². The monoisotopic (exact) mass is 428 g/mol. The highest BCUT2D eigenvalue weighted by molar-refractivity contribution is 5.96. The molecule has 1 aliphatic rings. The van der Waals surface area contributed by atoms with E-state index in [0.717, 1.165) is 16.7 Å². The van der Waals surface area contributed by atoms with Crippen LogP contribution in [0.2, 0.25) is 0 Å². The summed E-state index contributed by atoms with van der Waals surface area (Å²) in [4.78, 5) is 13.0. The molecule has 1 heterocycles.